The van der Waals surface area contributed by atoms with Gasteiger partial charge in [0, 0.05) is 17.4 Å². The third-order valence-corrected chi connectivity index (χ3v) is 4.05. The standard InChI is InChI=1S/C17H21N3O2/c1-12-10-18-20(11-12)17(2,3)16(21)19-14-7-4-8-15-13(14)6-5-9-22-15/h4,7-8,10-11H,5-6,9H2,1-3H3,(H,19,21). The van der Waals surface area contributed by atoms with Crippen molar-refractivity contribution in [3.63, 3.8) is 0 Å². The Morgan fingerprint density at radius 2 is 2.23 bits per heavy atom. The highest BCUT2D eigenvalue weighted by atomic mass is 16.5. The molecule has 1 aliphatic heterocycles. The fourth-order valence-corrected chi connectivity index (χ4v) is 2.60. The molecule has 22 heavy (non-hydrogen) atoms. The van der Waals surface area contributed by atoms with Crippen LogP contribution in [0.15, 0.2) is 30.6 Å². The van der Waals surface area contributed by atoms with Gasteiger partial charge in [0.15, 0.2) is 0 Å². The summed E-state index contributed by atoms with van der Waals surface area (Å²) in [5.41, 5.74) is 2.19. The Kier molecular flexibility index (Phi) is 3.64. The molecule has 1 amide bonds. The summed E-state index contributed by atoms with van der Waals surface area (Å²) in [5.74, 6) is 0.784. The number of benzene rings is 1. The molecule has 0 fully saturated rings. The van der Waals surface area contributed by atoms with Gasteiger partial charge in [0.05, 0.1) is 12.8 Å². The molecule has 5 heteroatoms. The van der Waals surface area contributed by atoms with Gasteiger partial charge in [-0.05, 0) is 51.3 Å². The molecule has 1 aromatic heterocycles. The van der Waals surface area contributed by atoms with Gasteiger partial charge in [0.25, 0.3) is 5.91 Å². The maximum atomic E-state index is 12.7. The number of amides is 1. The molecule has 2 heterocycles. The molecule has 3 rings (SSSR count). The summed E-state index contributed by atoms with van der Waals surface area (Å²) in [5, 5.41) is 7.31. The number of ether oxygens (including phenoxy) is 1. The summed E-state index contributed by atoms with van der Waals surface area (Å²) in [6.07, 6.45) is 5.53. The van der Waals surface area contributed by atoms with Gasteiger partial charge in [0.1, 0.15) is 11.3 Å². The number of carbonyl (C=O) groups excluding carboxylic acids is 1. The third-order valence-electron chi connectivity index (χ3n) is 4.05. The van der Waals surface area contributed by atoms with E-state index in [9.17, 15) is 4.79 Å². The van der Waals surface area contributed by atoms with Crippen LogP contribution in [0.2, 0.25) is 0 Å². The first-order valence-electron chi connectivity index (χ1n) is 7.56. The number of anilines is 1. The number of rotatable bonds is 3. The monoisotopic (exact) mass is 299 g/mol. The van der Waals surface area contributed by atoms with E-state index in [2.05, 4.69) is 10.4 Å². The number of aryl methyl sites for hydroxylation is 1. The molecule has 0 saturated carbocycles. The summed E-state index contributed by atoms with van der Waals surface area (Å²) < 4.78 is 7.35. The number of carbonyl (C=O) groups is 1. The second kappa shape index (κ2) is 5.48. The van der Waals surface area contributed by atoms with E-state index >= 15 is 0 Å². The van der Waals surface area contributed by atoms with Crippen LogP contribution in [-0.4, -0.2) is 22.3 Å². The molecule has 1 aliphatic rings. The Hall–Kier alpha value is -2.30. The van der Waals surface area contributed by atoms with E-state index in [0.717, 1.165) is 42.0 Å². The lowest BCUT2D eigenvalue weighted by molar-refractivity contribution is -0.123. The largest absolute Gasteiger partial charge is 0.493 e. The van der Waals surface area contributed by atoms with Crippen molar-refractivity contribution in [2.45, 2.75) is 39.2 Å². The molecule has 0 spiro atoms. The Labute approximate surface area is 130 Å². The van der Waals surface area contributed by atoms with E-state index in [-0.39, 0.29) is 5.91 Å². The van der Waals surface area contributed by atoms with E-state index in [1.807, 2.05) is 45.2 Å². The third kappa shape index (κ3) is 2.58. The van der Waals surface area contributed by atoms with Crippen molar-refractivity contribution < 1.29 is 9.53 Å². The number of aromatic nitrogens is 2. The number of fused-ring (bicyclic) bond motifs is 1. The van der Waals surface area contributed by atoms with Crippen LogP contribution in [0.1, 0.15) is 31.4 Å². The average Bonchev–Trinajstić information content (AvgIpc) is 2.95. The van der Waals surface area contributed by atoms with Crippen molar-refractivity contribution in [1.82, 2.24) is 9.78 Å². The fourth-order valence-electron chi connectivity index (χ4n) is 2.60. The summed E-state index contributed by atoms with van der Waals surface area (Å²) in [6, 6.07) is 5.78. The molecular formula is C17H21N3O2. The quantitative estimate of drug-likeness (QED) is 0.948. The summed E-state index contributed by atoms with van der Waals surface area (Å²) in [7, 11) is 0. The van der Waals surface area contributed by atoms with Crippen LogP contribution in [-0.2, 0) is 16.8 Å². The van der Waals surface area contributed by atoms with Crippen molar-refractivity contribution >= 4 is 11.6 Å². The second-order valence-electron chi connectivity index (χ2n) is 6.21. The maximum absolute atomic E-state index is 12.7. The van der Waals surface area contributed by atoms with Crippen LogP contribution in [0.25, 0.3) is 0 Å². The van der Waals surface area contributed by atoms with Gasteiger partial charge in [0.2, 0.25) is 0 Å². The van der Waals surface area contributed by atoms with Crippen LogP contribution < -0.4 is 10.1 Å². The average molecular weight is 299 g/mol. The smallest absolute Gasteiger partial charge is 0.251 e. The van der Waals surface area contributed by atoms with E-state index in [0.29, 0.717) is 0 Å². The Bertz CT molecular complexity index is 704. The molecule has 1 aromatic carbocycles. The van der Waals surface area contributed by atoms with Crippen molar-refractivity contribution in [1.29, 1.82) is 0 Å². The Morgan fingerprint density at radius 3 is 2.95 bits per heavy atom. The van der Waals surface area contributed by atoms with Crippen LogP contribution >= 0.6 is 0 Å². The normalized spacial score (nSPS) is 14.1. The lowest BCUT2D eigenvalue weighted by Gasteiger charge is -2.26. The van der Waals surface area contributed by atoms with Crippen LogP contribution in [0, 0.1) is 6.92 Å². The van der Waals surface area contributed by atoms with Crippen LogP contribution in [0.4, 0.5) is 5.69 Å². The zero-order valence-corrected chi connectivity index (χ0v) is 13.2. The highest BCUT2D eigenvalue weighted by molar-refractivity contribution is 5.97. The molecule has 0 radical (unpaired) electrons. The number of nitrogens with zero attached hydrogens (tertiary/aromatic N) is 2. The highest BCUT2D eigenvalue weighted by Crippen LogP contribution is 2.32. The molecule has 5 nitrogen and oxygen atoms in total. The van der Waals surface area contributed by atoms with Gasteiger partial charge in [-0.15, -0.1) is 0 Å². The summed E-state index contributed by atoms with van der Waals surface area (Å²) >= 11 is 0. The lowest BCUT2D eigenvalue weighted by Crippen LogP contribution is -2.40. The maximum Gasteiger partial charge on any atom is 0.251 e. The van der Waals surface area contributed by atoms with Crippen molar-refractivity contribution in [3.8, 4) is 5.75 Å². The zero-order chi connectivity index (χ0) is 15.7. The number of hydrogen-bond acceptors (Lipinski definition) is 3. The van der Waals surface area contributed by atoms with Gasteiger partial charge in [-0.2, -0.15) is 5.10 Å². The minimum Gasteiger partial charge on any atom is -0.493 e. The molecular weight excluding hydrogens is 278 g/mol. The molecule has 2 aromatic rings. The molecule has 0 aliphatic carbocycles. The number of nitrogens with one attached hydrogen (secondary N) is 1. The highest BCUT2D eigenvalue weighted by Gasteiger charge is 2.31. The lowest BCUT2D eigenvalue weighted by atomic mass is 10.0. The topological polar surface area (TPSA) is 56.2 Å². The van der Waals surface area contributed by atoms with Crippen LogP contribution in [0.5, 0.6) is 5.75 Å². The molecule has 0 atom stereocenters. The van der Waals surface area contributed by atoms with Gasteiger partial charge in [-0.1, -0.05) is 6.07 Å². The van der Waals surface area contributed by atoms with E-state index in [4.69, 9.17) is 4.74 Å². The molecule has 1 N–H and O–H groups in total. The molecule has 116 valence electrons. The first-order valence-corrected chi connectivity index (χ1v) is 7.56. The SMILES string of the molecule is Cc1cnn(C(C)(C)C(=O)Nc2cccc3c2CCCO3)c1. The van der Waals surface area contributed by atoms with Gasteiger partial charge < -0.3 is 10.1 Å². The van der Waals surface area contributed by atoms with Crippen LogP contribution in [0.3, 0.4) is 0 Å². The second-order valence-corrected chi connectivity index (χ2v) is 6.21. The zero-order valence-electron chi connectivity index (χ0n) is 13.2. The van der Waals surface area contributed by atoms with Crippen molar-refractivity contribution in [2.24, 2.45) is 0 Å². The predicted octanol–water partition coefficient (Wildman–Crippen LogP) is 2.89. The molecule has 0 bridgehead atoms. The van der Waals surface area contributed by atoms with Crippen molar-refractivity contribution in [3.05, 3.63) is 41.7 Å². The van der Waals surface area contributed by atoms with Gasteiger partial charge >= 0.3 is 0 Å². The summed E-state index contributed by atoms with van der Waals surface area (Å²) in [6.45, 7) is 6.42. The molecule has 0 unspecified atom stereocenters. The van der Waals surface area contributed by atoms with E-state index in [1.54, 1.807) is 10.9 Å². The van der Waals surface area contributed by atoms with Crippen molar-refractivity contribution in [2.75, 3.05) is 11.9 Å². The molecule has 0 saturated heterocycles. The summed E-state index contributed by atoms with van der Waals surface area (Å²) in [4.78, 5) is 12.7. The first-order chi connectivity index (χ1) is 10.5. The van der Waals surface area contributed by atoms with Gasteiger partial charge in [-0.3, -0.25) is 9.48 Å². The minimum atomic E-state index is -0.757. The Balaban J connectivity index is 1.85. The predicted molar refractivity (Wildman–Crippen MR) is 85.2 cm³/mol. The minimum absolute atomic E-state index is 0.0884. The van der Waals surface area contributed by atoms with Gasteiger partial charge in [-0.25, -0.2) is 0 Å². The Morgan fingerprint density at radius 1 is 1.41 bits per heavy atom. The van der Waals surface area contributed by atoms with E-state index < -0.39 is 5.54 Å². The first kappa shape index (κ1) is 14.6. The number of hydrogen-bond donors (Lipinski definition) is 1. The van der Waals surface area contributed by atoms with E-state index in [1.165, 1.54) is 0 Å². The fraction of sp³-hybridized carbons (Fsp3) is 0.412.